The number of aliphatic carboxylic acids is 1. The number of ether oxygens (including phenoxy) is 2. The van der Waals surface area contributed by atoms with Crippen molar-refractivity contribution in [3.8, 4) is 0 Å². The minimum Gasteiger partial charge on any atom is -0.480 e. The molecule has 0 spiro atoms. The van der Waals surface area contributed by atoms with Gasteiger partial charge < -0.3 is 40.5 Å². The first-order valence-electron chi connectivity index (χ1n) is 21.2. The number of rotatable bonds is 37. The van der Waals surface area contributed by atoms with E-state index in [4.69, 9.17) is 24.8 Å². The van der Waals surface area contributed by atoms with Crippen LogP contribution >= 0.6 is 7.82 Å². The summed E-state index contributed by atoms with van der Waals surface area (Å²) in [4.78, 5) is 46.0. The molecule has 344 valence electrons. The van der Waals surface area contributed by atoms with Crippen molar-refractivity contribution < 1.29 is 62.8 Å². The molecule has 0 fully saturated rings. The molecule has 0 bridgehead atoms. The number of carbonyl (C=O) groups is 3. The van der Waals surface area contributed by atoms with E-state index in [0.29, 0.717) is 12.8 Å². The third-order valence-electron chi connectivity index (χ3n) is 8.36. The molecule has 0 amide bonds. The molecule has 0 radical (unpaired) electrons. The summed E-state index contributed by atoms with van der Waals surface area (Å²) in [6.07, 6.45) is 39.6. The molecule has 0 saturated heterocycles. The smallest absolute Gasteiger partial charge is 0.472 e. The predicted molar refractivity (Wildman–Crippen MR) is 239 cm³/mol. The van der Waals surface area contributed by atoms with Crippen LogP contribution in [0.2, 0.25) is 0 Å². The summed E-state index contributed by atoms with van der Waals surface area (Å²) in [5.41, 5.74) is 5.31. The van der Waals surface area contributed by atoms with Crippen LogP contribution in [0.3, 0.4) is 0 Å². The quantitative estimate of drug-likeness (QED) is 0.0114. The number of allylic oxidation sites excluding steroid dienone is 15. The molecule has 0 aromatic carbocycles. The minimum atomic E-state index is -4.83. The van der Waals surface area contributed by atoms with E-state index >= 15 is 0 Å². The minimum absolute atomic E-state index is 0.0356. The number of hydrogen-bond donors (Lipinski definition) is 6. The summed E-state index contributed by atoms with van der Waals surface area (Å²) in [7, 11) is -4.83. The van der Waals surface area contributed by atoms with Gasteiger partial charge in [0.1, 0.15) is 12.6 Å². The van der Waals surface area contributed by atoms with Crippen LogP contribution in [0.4, 0.5) is 0 Å². The standard InChI is InChI=1S/C46H72NO13P/c1-3-5-7-8-9-10-11-12-13-14-15-16-17-18-19-24-28-34-44(51)57-36-40(37-58-61(55,56)59-38-41(47)46(53)54)60-45(52)35-29-33-43(50)42(49)32-27-23-21-20-22-26-31-39(48)30-25-6-4-2/h5-7,9-10,12-13,15-16,20-23,25-27,31-32,39-43,48-50H,3-4,8,11,14,17-19,24,28-30,33-38,47H2,1-2H3,(H,53,54)(H,55,56)/b7-5-,10-9-,13-12-,16-15-,22-20+,23-21-,25-6-,31-26+,32-27-/t39-,40+,41-,42+,43+/m0/s1. The van der Waals surface area contributed by atoms with Gasteiger partial charge in [0, 0.05) is 12.8 Å². The zero-order chi connectivity index (χ0) is 45.4. The first kappa shape index (κ1) is 57.0. The van der Waals surface area contributed by atoms with Crippen molar-refractivity contribution in [2.45, 2.75) is 141 Å². The highest BCUT2D eigenvalue weighted by Gasteiger charge is 2.28. The Labute approximate surface area is 363 Å². The lowest BCUT2D eigenvalue weighted by atomic mass is 10.1. The lowest BCUT2D eigenvalue weighted by Crippen LogP contribution is -2.34. The molecule has 14 nitrogen and oxygen atoms in total. The van der Waals surface area contributed by atoms with Crippen LogP contribution in [-0.2, 0) is 37.5 Å². The van der Waals surface area contributed by atoms with Crippen molar-refractivity contribution in [1.82, 2.24) is 0 Å². The molecule has 0 saturated carbocycles. The van der Waals surface area contributed by atoms with Crippen LogP contribution in [0, 0.1) is 0 Å². The number of carboxylic acid groups (broad SMARTS) is 1. The molecule has 0 aliphatic rings. The Morgan fingerprint density at radius 3 is 1.82 bits per heavy atom. The molecule has 0 aromatic heterocycles. The fourth-order valence-corrected chi connectivity index (χ4v) is 5.70. The average Bonchev–Trinajstić information content (AvgIpc) is 3.22. The summed E-state index contributed by atoms with van der Waals surface area (Å²) in [5, 5.41) is 39.3. The Bertz CT molecular complexity index is 1500. The lowest BCUT2D eigenvalue weighted by molar-refractivity contribution is -0.161. The van der Waals surface area contributed by atoms with E-state index in [2.05, 4.69) is 60.1 Å². The normalized spacial score (nSPS) is 16.3. The summed E-state index contributed by atoms with van der Waals surface area (Å²) in [6.45, 7) is 2.09. The second-order valence-electron chi connectivity index (χ2n) is 13.9. The lowest BCUT2D eigenvalue weighted by Gasteiger charge is -2.20. The number of nitrogens with two attached hydrogens (primary N) is 1. The maximum Gasteiger partial charge on any atom is 0.472 e. The van der Waals surface area contributed by atoms with E-state index in [1.165, 1.54) is 6.08 Å². The van der Waals surface area contributed by atoms with Gasteiger partial charge in [-0.1, -0.05) is 136 Å². The Morgan fingerprint density at radius 1 is 0.639 bits per heavy atom. The molecule has 7 N–H and O–H groups in total. The topological polar surface area (TPSA) is 232 Å². The number of phosphoric acid groups is 1. The van der Waals surface area contributed by atoms with Crippen LogP contribution in [0.1, 0.15) is 110 Å². The fourth-order valence-electron chi connectivity index (χ4n) is 4.92. The molecule has 0 aliphatic heterocycles. The van der Waals surface area contributed by atoms with Crippen molar-refractivity contribution in [1.29, 1.82) is 0 Å². The molecule has 0 heterocycles. The number of aliphatic hydroxyl groups excluding tert-OH is 3. The Hall–Kier alpha value is -3.98. The zero-order valence-corrected chi connectivity index (χ0v) is 36.9. The maximum atomic E-state index is 12.7. The second-order valence-corrected chi connectivity index (χ2v) is 15.4. The number of phosphoric ester groups is 1. The van der Waals surface area contributed by atoms with Gasteiger partial charge >= 0.3 is 25.7 Å². The molecule has 0 rings (SSSR count). The molecule has 1 unspecified atom stereocenters. The number of esters is 2. The van der Waals surface area contributed by atoms with E-state index in [1.807, 2.05) is 19.1 Å². The highest BCUT2D eigenvalue weighted by molar-refractivity contribution is 7.47. The van der Waals surface area contributed by atoms with Gasteiger partial charge in [0.25, 0.3) is 0 Å². The first-order valence-corrected chi connectivity index (χ1v) is 22.7. The van der Waals surface area contributed by atoms with E-state index in [9.17, 15) is 39.2 Å². The van der Waals surface area contributed by atoms with Gasteiger partial charge in [-0.15, -0.1) is 0 Å². The average molecular weight is 878 g/mol. The van der Waals surface area contributed by atoms with Crippen LogP contribution in [0.15, 0.2) is 109 Å². The van der Waals surface area contributed by atoms with Gasteiger partial charge in [-0.25, -0.2) is 4.57 Å². The summed E-state index contributed by atoms with van der Waals surface area (Å²) in [6, 6.07) is -1.59. The number of carbonyl (C=O) groups excluding carboxylic acids is 2. The number of hydrogen-bond acceptors (Lipinski definition) is 12. The second kappa shape index (κ2) is 38.9. The van der Waals surface area contributed by atoms with E-state index in [-0.39, 0.29) is 25.7 Å². The van der Waals surface area contributed by atoms with Crippen molar-refractivity contribution >= 4 is 25.7 Å². The van der Waals surface area contributed by atoms with Crippen molar-refractivity contribution in [3.05, 3.63) is 109 Å². The van der Waals surface area contributed by atoms with Crippen molar-refractivity contribution in [2.75, 3.05) is 19.8 Å². The Kier molecular flexibility index (Phi) is 36.4. The van der Waals surface area contributed by atoms with Gasteiger partial charge in [0.15, 0.2) is 6.10 Å². The summed E-state index contributed by atoms with van der Waals surface area (Å²) in [5.74, 6) is -2.81. The molecular formula is C46H72NO13P. The fraction of sp³-hybridized carbons (Fsp3) is 0.543. The van der Waals surface area contributed by atoms with Crippen LogP contribution in [0.25, 0.3) is 0 Å². The molecule has 15 heteroatoms. The number of aliphatic hydroxyl groups is 3. The molecule has 0 aromatic rings. The van der Waals surface area contributed by atoms with Gasteiger partial charge in [-0.3, -0.25) is 23.4 Å². The van der Waals surface area contributed by atoms with E-state index in [1.54, 1.807) is 42.5 Å². The third kappa shape index (κ3) is 37.5. The van der Waals surface area contributed by atoms with Crippen LogP contribution < -0.4 is 5.73 Å². The van der Waals surface area contributed by atoms with Crippen LogP contribution in [0.5, 0.6) is 0 Å². The van der Waals surface area contributed by atoms with Crippen LogP contribution in [-0.4, -0.2) is 93.5 Å². The molecular weight excluding hydrogens is 805 g/mol. The largest absolute Gasteiger partial charge is 0.480 e. The monoisotopic (exact) mass is 877 g/mol. The van der Waals surface area contributed by atoms with E-state index < -0.39 is 76.0 Å². The highest BCUT2D eigenvalue weighted by Crippen LogP contribution is 2.43. The summed E-state index contributed by atoms with van der Waals surface area (Å²) >= 11 is 0. The van der Waals surface area contributed by atoms with Gasteiger partial charge in [-0.05, 0) is 70.6 Å². The molecule has 0 aliphatic carbocycles. The molecule has 6 atom stereocenters. The SMILES string of the molecule is CC/C=C\C/C=C\C/C=C\C/C=C\CCCCCCC(=O)OC[C@H](COP(=O)(O)OC[C@H](N)C(=O)O)OC(=O)CCC[C@@H](O)[C@H](O)\C=C/C=C\C=C\C=C\[C@@H](O)C/C=C\CC. The maximum absolute atomic E-state index is 12.7. The number of unbranched alkanes of at least 4 members (excludes halogenated alkanes) is 4. The van der Waals surface area contributed by atoms with Gasteiger partial charge in [-0.2, -0.15) is 0 Å². The van der Waals surface area contributed by atoms with Gasteiger partial charge in [0.05, 0.1) is 31.5 Å². The first-order chi connectivity index (χ1) is 29.3. The third-order valence-corrected chi connectivity index (χ3v) is 9.31. The van der Waals surface area contributed by atoms with E-state index in [0.717, 1.165) is 57.8 Å². The van der Waals surface area contributed by atoms with Gasteiger partial charge in [0.2, 0.25) is 0 Å². The van der Waals surface area contributed by atoms with Crippen molar-refractivity contribution in [2.24, 2.45) is 5.73 Å². The highest BCUT2D eigenvalue weighted by atomic mass is 31.2. The zero-order valence-electron chi connectivity index (χ0n) is 36.0. The van der Waals surface area contributed by atoms with Crippen molar-refractivity contribution in [3.63, 3.8) is 0 Å². The number of carboxylic acids is 1. The molecule has 61 heavy (non-hydrogen) atoms. The Morgan fingerprint density at radius 2 is 1.18 bits per heavy atom. The Balaban J connectivity index is 4.78. The predicted octanol–water partition coefficient (Wildman–Crippen LogP) is 7.97. The summed E-state index contributed by atoms with van der Waals surface area (Å²) < 4.78 is 32.4.